The van der Waals surface area contributed by atoms with Crippen LogP contribution in [0.3, 0.4) is 0 Å². The molecule has 1 amide bonds. The number of ether oxygens (including phenoxy) is 1. The van der Waals surface area contributed by atoms with E-state index < -0.39 is 0 Å². The Bertz CT molecular complexity index is 1010. The largest absolute Gasteiger partial charge is 0.372 e. The predicted octanol–water partition coefficient (Wildman–Crippen LogP) is 2.01. The van der Waals surface area contributed by atoms with Crippen molar-refractivity contribution in [3.63, 3.8) is 0 Å². The Kier molecular flexibility index (Phi) is 5.66. The minimum atomic E-state index is -0.334. The molecule has 3 heterocycles. The molecule has 29 heavy (non-hydrogen) atoms. The zero-order valence-electron chi connectivity index (χ0n) is 16.3. The van der Waals surface area contributed by atoms with E-state index in [9.17, 15) is 9.18 Å². The monoisotopic (exact) mass is 398 g/mol. The van der Waals surface area contributed by atoms with Gasteiger partial charge in [0.25, 0.3) is 0 Å². The molecule has 2 aromatic heterocycles. The highest BCUT2D eigenvalue weighted by atomic mass is 19.1. The Balaban J connectivity index is 1.55. The number of halogens is 1. The molecule has 1 aliphatic rings. The summed E-state index contributed by atoms with van der Waals surface area (Å²) < 4.78 is 20.5. The number of amides is 1. The van der Waals surface area contributed by atoms with Gasteiger partial charge in [0, 0.05) is 38.3 Å². The van der Waals surface area contributed by atoms with Crippen LogP contribution in [0.25, 0.3) is 17.0 Å². The lowest BCUT2D eigenvalue weighted by Crippen LogP contribution is -2.37. The van der Waals surface area contributed by atoms with Crippen LogP contribution in [0.2, 0.25) is 0 Å². The van der Waals surface area contributed by atoms with E-state index in [1.54, 1.807) is 16.6 Å². The van der Waals surface area contributed by atoms with Gasteiger partial charge in [0.1, 0.15) is 18.2 Å². The fraction of sp³-hybridized carbons (Fsp3) is 0.400. The van der Waals surface area contributed by atoms with E-state index in [2.05, 4.69) is 15.1 Å². The van der Waals surface area contributed by atoms with Crippen LogP contribution < -0.4 is 4.90 Å². The van der Waals surface area contributed by atoms with Gasteiger partial charge < -0.3 is 14.5 Å². The molecule has 0 radical (unpaired) electrons. The average Bonchev–Trinajstić information content (AvgIpc) is 2.99. The SMILES string of the molecule is CCOCC(=O)N1CCCN(c2ccc3nnc(-c4cccc(F)c4)n3n2)CC1. The third-order valence-electron chi connectivity index (χ3n) is 4.93. The zero-order valence-corrected chi connectivity index (χ0v) is 16.3. The van der Waals surface area contributed by atoms with Crippen LogP contribution in [0, 0.1) is 5.82 Å². The van der Waals surface area contributed by atoms with Crippen LogP contribution in [-0.4, -0.2) is 70.0 Å². The van der Waals surface area contributed by atoms with Crippen molar-refractivity contribution in [2.45, 2.75) is 13.3 Å². The number of nitrogens with zero attached hydrogens (tertiary/aromatic N) is 6. The highest BCUT2D eigenvalue weighted by Gasteiger charge is 2.21. The number of hydrogen-bond acceptors (Lipinski definition) is 6. The molecule has 1 saturated heterocycles. The topological polar surface area (TPSA) is 75.9 Å². The average molecular weight is 398 g/mol. The number of rotatable bonds is 5. The van der Waals surface area contributed by atoms with Crippen LogP contribution in [0.1, 0.15) is 13.3 Å². The lowest BCUT2D eigenvalue weighted by atomic mass is 10.2. The molecule has 0 N–H and O–H groups in total. The predicted molar refractivity (Wildman–Crippen MR) is 106 cm³/mol. The molecule has 1 fully saturated rings. The first-order chi connectivity index (χ1) is 14.2. The third kappa shape index (κ3) is 4.19. The van der Waals surface area contributed by atoms with Crippen LogP contribution in [-0.2, 0) is 9.53 Å². The van der Waals surface area contributed by atoms with E-state index in [1.807, 2.05) is 24.0 Å². The van der Waals surface area contributed by atoms with Crippen molar-refractivity contribution in [2.24, 2.45) is 0 Å². The van der Waals surface area contributed by atoms with Crippen molar-refractivity contribution < 1.29 is 13.9 Å². The van der Waals surface area contributed by atoms with Gasteiger partial charge in [-0.05, 0) is 37.6 Å². The van der Waals surface area contributed by atoms with Gasteiger partial charge in [-0.15, -0.1) is 15.3 Å². The van der Waals surface area contributed by atoms with Gasteiger partial charge in [-0.2, -0.15) is 4.52 Å². The van der Waals surface area contributed by atoms with E-state index in [1.165, 1.54) is 12.1 Å². The van der Waals surface area contributed by atoms with E-state index in [0.29, 0.717) is 43.3 Å². The van der Waals surface area contributed by atoms with Crippen LogP contribution in [0.4, 0.5) is 10.2 Å². The number of hydrogen-bond donors (Lipinski definition) is 0. The summed E-state index contributed by atoms with van der Waals surface area (Å²) in [6.45, 7) is 5.31. The number of aromatic nitrogens is 4. The standard InChI is InChI=1S/C20H23FN6O2/c1-2-29-14-19(28)26-10-4-9-25(11-12-26)18-8-7-17-22-23-20(27(17)24-18)15-5-3-6-16(21)13-15/h3,5-8,13H,2,4,9-12,14H2,1H3. The third-order valence-corrected chi connectivity index (χ3v) is 4.93. The first kappa shape index (κ1) is 19.3. The summed E-state index contributed by atoms with van der Waals surface area (Å²) in [5, 5.41) is 13.0. The number of anilines is 1. The number of carbonyl (C=O) groups excluding carboxylic acids is 1. The van der Waals surface area contributed by atoms with Crippen molar-refractivity contribution in [1.29, 1.82) is 0 Å². The second-order valence-corrected chi connectivity index (χ2v) is 6.85. The highest BCUT2D eigenvalue weighted by molar-refractivity contribution is 5.77. The van der Waals surface area contributed by atoms with Crippen LogP contribution in [0.15, 0.2) is 36.4 Å². The Morgan fingerprint density at radius 2 is 2.03 bits per heavy atom. The van der Waals surface area contributed by atoms with E-state index in [4.69, 9.17) is 9.84 Å². The minimum absolute atomic E-state index is 0.0179. The molecular formula is C20H23FN6O2. The first-order valence-corrected chi connectivity index (χ1v) is 9.74. The maximum atomic E-state index is 13.6. The second-order valence-electron chi connectivity index (χ2n) is 6.85. The molecule has 0 unspecified atom stereocenters. The van der Waals surface area contributed by atoms with E-state index in [0.717, 1.165) is 18.8 Å². The number of fused-ring (bicyclic) bond motifs is 1. The molecule has 0 atom stereocenters. The molecule has 8 nitrogen and oxygen atoms in total. The second kappa shape index (κ2) is 8.52. The molecule has 1 aromatic carbocycles. The first-order valence-electron chi connectivity index (χ1n) is 9.74. The minimum Gasteiger partial charge on any atom is -0.372 e. The molecule has 1 aliphatic heterocycles. The molecule has 152 valence electrons. The molecule has 0 aliphatic carbocycles. The molecular weight excluding hydrogens is 375 g/mol. The smallest absolute Gasteiger partial charge is 0.248 e. The van der Waals surface area contributed by atoms with Gasteiger partial charge in [-0.3, -0.25) is 4.79 Å². The lowest BCUT2D eigenvalue weighted by molar-refractivity contribution is -0.135. The van der Waals surface area contributed by atoms with Gasteiger partial charge in [0.15, 0.2) is 11.5 Å². The summed E-state index contributed by atoms with van der Waals surface area (Å²) in [6, 6.07) is 9.97. The maximum Gasteiger partial charge on any atom is 0.248 e. The summed E-state index contributed by atoms with van der Waals surface area (Å²) in [5.41, 5.74) is 1.21. The molecule has 0 saturated carbocycles. The highest BCUT2D eigenvalue weighted by Crippen LogP contribution is 2.21. The van der Waals surface area contributed by atoms with Crippen molar-refractivity contribution in [1.82, 2.24) is 24.7 Å². The Hall–Kier alpha value is -3.07. The molecule has 3 aromatic rings. The fourth-order valence-electron chi connectivity index (χ4n) is 3.43. The summed E-state index contributed by atoms with van der Waals surface area (Å²) >= 11 is 0. The molecule has 4 rings (SSSR count). The quantitative estimate of drug-likeness (QED) is 0.654. The van der Waals surface area contributed by atoms with Crippen molar-refractivity contribution in [2.75, 3.05) is 44.3 Å². The molecule has 0 bridgehead atoms. The zero-order chi connectivity index (χ0) is 20.2. The van der Waals surface area contributed by atoms with E-state index >= 15 is 0 Å². The Morgan fingerprint density at radius 1 is 1.14 bits per heavy atom. The van der Waals surface area contributed by atoms with Gasteiger partial charge in [0.2, 0.25) is 5.91 Å². The number of benzene rings is 1. The van der Waals surface area contributed by atoms with E-state index in [-0.39, 0.29) is 18.3 Å². The van der Waals surface area contributed by atoms with Crippen molar-refractivity contribution >= 4 is 17.4 Å². The summed E-state index contributed by atoms with van der Waals surface area (Å²) in [7, 11) is 0. The normalized spacial score (nSPS) is 15.0. The number of carbonyl (C=O) groups is 1. The van der Waals surface area contributed by atoms with Gasteiger partial charge in [0.05, 0.1) is 0 Å². The van der Waals surface area contributed by atoms with Crippen LogP contribution >= 0.6 is 0 Å². The Labute approximate surface area is 167 Å². The molecule has 0 spiro atoms. The lowest BCUT2D eigenvalue weighted by Gasteiger charge is -2.22. The summed E-state index contributed by atoms with van der Waals surface area (Å²) in [5.74, 6) is 0.947. The van der Waals surface area contributed by atoms with Gasteiger partial charge in [-0.25, -0.2) is 4.39 Å². The van der Waals surface area contributed by atoms with Crippen molar-refractivity contribution in [3.05, 3.63) is 42.2 Å². The fourth-order valence-corrected chi connectivity index (χ4v) is 3.43. The maximum absolute atomic E-state index is 13.6. The summed E-state index contributed by atoms with van der Waals surface area (Å²) in [6.07, 6.45) is 0.844. The molecule has 9 heteroatoms. The van der Waals surface area contributed by atoms with Crippen molar-refractivity contribution in [3.8, 4) is 11.4 Å². The summed E-state index contributed by atoms with van der Waals surface area (Å²) in [4.78, 5) is 16.2. The van der Waals surface area contributed by atoms with Crippen LogP contribution in [0.5, 0.6) is 0 Å². The van der Waals surface area contributed by atoms with Gasteiger partial charge in [-0.1, -0.05) is 12.1 Å². The van der Waals surface area contributed by atoms with Gasteiger partial charge >= 0.3 is 0 Å². The Morgan fingerprint density at radius 3 is 2.86 bits per heavy atom.